The lowest BCUT2D eigenvalue weighted by Crippen LogP contribution is -2.47. The number of carbonyl (C=O) groups is 1. The molecule has 4 heteroatoms. The first-order chi connectivity index (χ1) is 7.52. The van der Waals surface area contributed by atoms with Gasteiger partial charge in [0.1, 0.15) is 6.04 Å². The first-order valence-corrected chi connectivity index (χ1v) is 6.22. The maximum Gasteiger partial charge on any atom is 0.320 e. The molecule has 1 fully saturated rings. The van der Waals surface area contributed by atoms with Crippen LogP contribution in [0.15, 0.2) is 0 Å². The summed E-state index contributed by atoms with van der Waals surface area (Å²) in [5.74, 6) is -0.619. The minimum absolute atomic E-state index is 0.128. The zero-order valence-electron chi connectivity index (χ0n) is 10.6. The van der Waals surface area contributed by atoms with Gasteiger partial charge >= 0.3 is 5.97 Å². The van der Waals surface area contributed by atoms with Crippen molar-refractivity contribution < 1.29 is 9.90 Å². The number of nitrogens with one attached hydrogen (secondary N) is 1. The molecule has 0 radical (unpaired) electrons. The lowest BCUT2D eigenvalue weighted by atomic mass is 10.0. The van der Waals surface area contributed by atoms with E-state index in [4.69, 9.17) is 5.11 Å². The van der Waals surface area contributed by atoms with Crippen LogP contribution < -0.4 is 5.32 Å². The third-order valence-corrected chi connectivity index (χ3v) is 3.33. The molecule has 1 rings (SSSR count). The summed E-state index contributed by atoms with van der Waals surface area (Å²) in [6.07, 6.45) is 2.55. The number of aliphatic carboxylic acids is 1. The van der Waals surface area contributed by atoms with Crippen LogP contribution in [-0.4, -0.2) is 47.7 Å². The zero-order chi connectivity index (χ0) is 12.1. The fourth-order valence-electron chi connectivity index (χ4n) is 2.22. The van der Waals surface area contributed by atoms with Crippen molar-refractivity contribution >= 4 is 5.97 Å². The average Bonchev–Trinajstić information content (AvgIpc) is 2.69. The van der Waals surface area contributed by atoms with Crippen LogP contribution in [-0.2, 0) is 4.79 Å². The number of likely N-dealkylation sites (tertiary alicyclic amines) is 1. The van der Waals surface area contributed by atoms with Crippen molar-refractivity contribution in [2.24, 2.45) is 5.92 Å². The summed E-state index contributed by atoms with van der Waals surface area (Å²) in [5.41, 5.74) is 0. The Balaban J connectivity index is 2.33. The largest absolute Gasteiger partial charge is 0.480 e. The molecular weight excluding hydrogens is 204 g/mol. The minimum atomic E-state index is -0.747. The summed E-state index contributed by atoms with van der Waals surface area (Å²) < 4.78 is 0. The van der Waals surface area contributed by atoms with Gasteiger partial charge in [-0.1, -0.05) is 13.8 Å². The minimum Gasteiger partial charge on any atom is -0.480 e. The molecule has 0 saturated carbocycles. The molecule has 2 unspecified atom stereocenters. The summed E-state index contributed by atoms with van der Waals surface area (Å²) in [5, 5.41) is 12.2. The average molecular weight is 228 g/mol. The fraction of sp³-hybridized carbons (Fsp3) is 0.917. The van der Waals surface area contributed by atoms with E-state index in [0.29, 0.717) is 6.04 Å². The molecule has 1 aliphatic rings. The number of hydrogen-bond donors (Lipinski definition) is 2. The molecule has 1 aliphatic heterocycles. The zero-order valence-corrected chi connectivity index (χ0v) is 10.6. The SMILES string of the molecule is CC(C)C(NCC(C)N1CCCC1)C(=O)O. The van der Waals surface area contributed by atoms with Crippen LogP contribution in [0.1, 0.15) is 33.6 Å². The van der Waals surface area contributed by atoms with Crippen LogP contribution in [0.3, 0.4) is 0 Å². The lowest BCUT2D eigenvalue weighted by molar-refractivity contribution is -0.140. The maximum absolute atomic E-state index is 11.0. The Bertz CT molecular complexity index is 225. The molecule has 0 aromatic rings. The van der Waals surface area contributed by atoms with E-state index in [-0.39, 0.29) is 5.92 Å². The molecule has 0 bridgehead atoms. The first-order valence-electron chi connectivity index (χ1n) is 6.22. The van der Waals surface area contributed by atoms with Gasteiger partial charge in [0.25, 0.3) is 0 Å². The van der Waals surface area contributed by atoms with E-state index in [1.54, 1.807) is 0 Å². The van der Waals surface area contributed by atoms with E-state index in [1.807, 2.05) is 13.8 Å². The smallest absolute Gasteiger partial charge is 0.320 e. The molecule has 0 amide bonds. The van der Waals surface area contributed by atoms with Crippen LogP contribution in [0.5, 0.6) is 0 Å². The third kappa shape index (κ3) is 3.76. The monoisotopic (exact) mass is 228 g/mol. The predicted octanol–water partition coefficient (Wildman–Crippen LogP) is 1.17. The maximum atomic E-state index is 11.0. The summed E-state index contributed by atoms with van der Waals surface area (Å²) >= 11 is 0. The number of carboxylic acid groups (broad SMARTS) is 1. The predicted molar refractivity (Wildman–Crippen MR) is 64.5 cm³/mol. The van der Waals surface area contributed by atoms with E-state index in [0.717, 1.165) is 19.6 Å². The second-order valence-corrected chi connectivity index (χ2v) is 5.06. The van der Waals surface area contributed by atoms with Crippen LogP contribution in [0, 0.1) is 5.92 Å². The Morgan fingerprint density at radius 2 is 1.88 bits per heavy atom. The topological polar surface area (TPSA) is 52.6 Å². The number of hydrogen-bond acceptors (Lipinski definition) is 3. The van der Waals surface area contributed by atoms with Gasteiger partial charge in [-0.05, 0) is 38.8 Å². The summed E-state index contributed by atoms with van der Waals surface area (Å²) in [6.45, 7) is 9.11. The molecule has 16 heavy (non-hydrogen) atoms. The second-order valence-electron chi connectivity index (χ2n) is 5.06. The number of carboxylic acids is 1. The molecule has 4 nitrogen and oxygen atoms in total. The van der Waals surface area contributed by atoms with Crippen LogP contribution in [0.25, 0.3) is 0 Å². The van der Waals surface area contributed by atoms with Gasteiger partial charge in [0.05, 0.1) is 0 Å². The Morgan fingerprint density at radius 1 is 1.31 bits per heavy atom. The van der Waals surface area contributed by atoms with E-state index in [9.17, 15) is 4.79 Å². The van der Waals surface area contributed by atoms with E-state index in [2.05, 4.69) is 17.1 Å². The van der Waals surface area contributed by atoms with Gasteiger partial charge in [-0.25, -0.2) is 0 Å². The quantitative estimate of drug-likeness (QED) is 0.716. The van der Waals surface area contributed by atoms with Gasteiger partial charge in [-0.15, -0.1) is 0 Å². The van der Waals surface area contributed by atoms with Crippen molar-refractivity contribution in [2.75, 3.05) is 19.6 Å². The molecule has 94 valence electrons. The highest BCUT2D eigenvalue weighted by atomic mass is 16.4. The van der Waals surface area contributed by atoms with Crippen molar-refractivity contribution in [1.29, 1.82) is 0 Å². The van der Waals surface area contributed by atoms with Gasteiger partial charge in [-0.3, -0.25) is 9.69 Å². The summed E-state index contributed by atoms with van der Waals surface area (Å²) in [7, 11) is 0. The Morgan fingerprint density at radius 3 is 2.31 bits per heavy atom. The highest BCUT2D eigenvalue weighted by Gasteiger charge is 2.23. The molecule has 0 aliphatic carbocycles. The van der Waals surface area contributed by atoms with Gasteiger partial charge < -0.3 is 10.4 Å². The molecule has 0 aromatic heterocycles. The second kappa shape index (κ2) is 6.21. The molecule has 2 N–H and O–H groups in total. The standard InChI is InChI=1S/C12H24N2O2/c1-9(2)11(12(15)16)13-8-10(3)14-6-4-5-7-14/h9-11,13H,4-8H2,1-3H3,(H,15,16). The number of rotatable bonds is 6. The number of nitrogens with zero attached hydrogens (tertiary/aromatic N) is 1. The van der Waals surface area contributed by atoms with E-state index >= 15 is 0 Å². The summed E-state index contributed by atoms with van der Waals surface area (Å²) in [6, 6.07) is 0.00755. The highest BCUT2D eigenvalue weighted by Crippen LogP contribution is 2.11. The molecular formula is C12H24N2O2. The van der Waals surface area contributed by atoms with Crippen LogP contribution in [0.4, 0.5) is 0 Å². The third-order valence-electron chi connectivity index (χ3n) is 3.33. The van der Waals surface area contributed by atoms with Gasteiger partial charge in [0.2, 0.25) is 0 Å². The normalized spacial score (nSPS) is 21.2. The van der Waals surface area contributed by atoms with E-state index in [1.165, 1.54) is 12.8 Å². The molecule has 2 atom stereocenters. The van der Waals surface area contributed by atoms with Crippen molar-refractivity contribution in [1.82, 2.24) is 10.2 Å². The molecule has 0 aromatic carbocycles. The Labute approximate surface area is 98.0 Å². The Kier molecular flexibility index (Phi) is 5.22. The first kappa shape index (κ1) is 13.5. The molecule has 1 saturated heterocycles. The molecule has 1 heterocycles. The molecule has 0 spiro atoms. The van der Waals surface area contributed by atoms with Crippen molar-refractivity contribution in [2.45, 2.75) is 45.7 Å². The van der Waals surface area contributed by atoms with Gasteiger partial charge in [-0.2, -0.15) is 0 Å². The van der Waals surface area contributed by atoms with Crippen molar-refractivity contribution in [3.8, 4) is 0 Å². The van der Waals surface area contributed by atoms with Crippen LogP contribution in [0.2, 0.25) is 0 Å². The summed E-state index contributed by atoms with van der Waals surface area (Å²) in [4.78, 5) is 13.4. The van der Waals surface area contributed by atoms with Crippen molar-refractivity contribution in [3.05, 3.63) is 0 Å². The van der Waals surface area contributed by atoms with Gasteiger partial charge in [0, 0.05) is 12.6 Å². The van der Waals surface area contributed by atoms with Gasteiger partial charge in [0.15, 0.2) is 0 Å². The van der Waals surface area contributed by atoms with Crippen LogP contribution >= 0.6 is 0 Å². The fourth-order valence-corrected chi connectivity index (χ4v) is 2.22. The highest BCUT2D eigenvalue weighted by molar-refractivity contribution is 5.73. The Hall–Kier alpha value is -0.610. The lowest BCUT2D eigenvalue weighted by Gasteiger charge is -2.26. The van der Waals surface area contributed by atoms with E-state index < -0.39 is 12.0 Å². The van der Waals surface area contributed by atoms with Crippen molar-refractivity contribution in [3.63, 3.8) is 0 Å².